The maximum atomic E-state index is 12.8. The van der Waals surface area contributed by atoms with Crippen LogP contribution in [0.3, 0.4) is 0 Å². The van der Waals surface area contributed by atoms with Gasteiger partial charge in [-0.3, -0.25) is 9.36 Å². The summed E-state index contributed by atoms with van der Waals surface area (Å²) >= 11 is 1.52. The van der Waals surface area contributed by atoms with Crippen molar-refractivity contribution in [1.82, 2.24) is 19.7 Å². The van der Waals surface area contributed by atoms with Crippen LogP contribution in [0.5, 0.6) is 5.75 Å². The summed E-state index contributed by atoms with van der Waals surface area (Å²) in [6.45, 7) is 4.09. The van der Waals surface area contributed by atoms with Crippen molar-refractivity contribution in [1.29, 1.82) is 0 Å². The molecule has 3 heterocycles. The molecule has 26 heavy (non-hydrogen) atoms. The van der Waals surface area contributed by atoms with Gasteiger partial charge in [0, 0.05) is 4.88 Å². The molecular weight excluding hydrogens is 352 g/mol. The van der Waals surface area contributed by atoms with E-state index in [4.69, 9.17) is 9.26 Å². The Kier molecular flexibility index (Phi) is 4.04. The third-order valence-electron chi connectivity index (χ3n) is 4.28. The largest absolute Gasteiger partial charge is 0.496 e. The second kappa shape index (κ2) is 6.38. The average Bonchev–Trinajstić information content (AvgIpc) is 3.23. The number of benzene rings is 1. The Hall–Kier alpha value is -3.00. The number of hydrogen-bond acceptors (Lipinski definition) is 7. The maximum absolute atomic E-state index is 12.8. The minimum absolute atomic E-state index is 0.103. The van der Waals surface area contributed by atoms with E-state index in [2.05, 4.69) is 15.1 Å². The predicted molar refractivity (Wildman–Crippen MR) is 98.7 cm³/mol. The monoisotopic (exact) mass is 368 g/mol. The Morgan fingerprint density at radius 3 is 2.88 bits per heavy atom. The van der Waals surface area contributed by atoms with Crippen LogP contribution in [-0.4, -0.2) is 26.8 Å². The molecule has 0 aliphatic rings. The van der Waals surface area contributed by atoms with E-state index in [1.54, 1.807) is 7.11 Å². The Bertz CT molecular complexity index is 1160. The van der Waals surface area contributed by atoms with Crippen LogP contribution in [0.15, 0.2) is 39.9 Å². The molecule has 0 spiro atoms. The van der Waals surface area contributed by atoms with E-state index in [1.807, 2.05) is 38.1 Å². The zero-order valence-electron chi connectivity index (χ0n) is 14.5. The van der Waals surface area contributed by atoms with Gasteiger partial charge in [0.1, 0.15) is 17.1 Å². The number of rotatable bonds is 4. The van der Waals surface area contributed by atoms with Crippen LogP contribution in [0, 0.1) is 13.8 Å². The summed E-state index contributed by atoms with van der Waals surface area (Å²) in [4.78, 5) is 23.4. The van der Waals surface area contributed by atoms with Crippen LogP contribution in [0.4, 0.5) is 0 Å². The summed E-state index contributed by atoms with van der Waals surface area (Å²) < 4.78 is 12.1. The van der Waals surface area contributed by atoms with E-state index in [-0.39, 0.29) is 12.1 Å². The molecule has 1 aromatic carbocycles. The minimum Gasteiger partial charge on any atom is -0.496 e. The molecule has 7 nitrogen and oxygen atoms in total. The fourth-order valence-corrected chi connectivity index (χ4v) is 3.77. The zero-order chi connectivity index (χ0) is 18.3. The Morgan fingerprint density at radius 2 is 2.08 bits per heavy atom. The lowest BCUT2D eigenvalue weighted by molar-refractivity contribution is 0.369. The Morgan fingerprint density at radius 1 is 1.27 bits per heavy atom. The molecule has 0 fully saturated rings. The van der Waals surface area contributed by atoms with Gasteiger partial charge in [-0.15, -0.1) is 11.3 Å². The van der Waals surface area contributed by atoms with Gasteiger partial charge in [-0.2, -0.15) is 4.98 Å². The summed E-state index contributed by atoms with van der Waals surface area (Å²) in [6, 6.07) is 7.42. The molecular formula is C18H16N4O3S. The van der Waals surface area contributed by atoms with Gasteiger partial charge < -0.3 is 9.26 Å². The SMILES string of the molecule is COc1ccccc1-c1noc(Cn2cnc3sc(C)c(C)c3c2=O)n1. The van der Waals surface area contributed by atoms with Gasteiger partial charge in [-0.1, -0.05) is 17.3 Å². The lowest BCUT2D eigenvalue weighted by Gasteiger charge is -2.03. The van der Waals surface area contributed by atoms with Crippen molar-refractivity contribution in [3.63, 3.8) is 0 Å². The summed E-state index contributed by atoms with van der Waals surface area (Å²) in [5.41, 5.74) is 1.60. The standard InChI is InChI=1S/C18H16N4O3S/c1-10-11(2)26-17-15(10)18(23)22(9-19-17)8-14-20-16(21-25-14)12-6-4-5-7-13(12)24-3/h4-7,9H,8H2,1-3H3. The summed E-state index contributed by atoms with van der Waals surface area (Å²) in [7, 11) is 1.59. The van der Waals surface area contributed by atoms with E-state index < -0.39 is 0 Å². The molecule has 3 aromatic heterocycles. The topological polar surface area (TPSA) is 83.0 Å². The van der Waals surface area contributed by atoms with Gasteiger partial charge >= 0.3 is 0 Å². The van der Waals surface area contributed by atoms with Crippen molar-refractivity contribution in [2.45, 2.75) is 20.4 Å². The highest BCUT2D eigenvalue weighted by molar-refractivity contribution is 7.18. The second-order valence-corrected chi connectivity index (χ2v) is 7.06. The van der Waals surface area contributed by atoms with Crippen molar-refractivity contribution in [2.75, 3.05) is 7.11 Å². The van der Waals surface area contributed by atoms with E-state index in [1.165, 1.54) is 22.2 Å². The Balaban J connectivity index is 1.70. The van der Waals surface area contributed by atoms with Gasteiger partial charge in [0.2, 0.25) is 11.7 Å². The lowest BCUT2D eigenvalue weighted by atomic mass is 10.2. The number of thiophene rings is 1. The highest BCUT2D eigenvalue weighted by Crippen LogP contribution is 2.27. The molecule has 0 aliphatic heterocycles. The van der Waals surface area contributed by atoms with E-state index in [9.17, 15) is 4.79 Å². The first-order valence-electron chi connectivity index (χ1n) is 7.99. The van der Waals surface area contributed by atoms with E-state index in [0.717, 1.165) is 20.8 Å². The number of aryl methyl sites for hydroxylation is 2. The minimum atomic E-state index is -0.103. The third-order valence-corrected chi connectivity index (χ3v) is 5.39. The molecule has 0 unspecified atom stereocenters. The molecule has 0 amide bonds. The normalized spacial score (nSPS) is 11.2. The smallest absolute Gasteiger partial charge is 0.262 e. The van der Waals surface area contributed by atoms with Crippen molar-refractivity contribution >= 4 is 21.6 Å². The van der Waals surface area contributed by atoms with Crippen LogP contribution >= 0.6 is 11.3 Å². The van der Waals surface area contributed by atoms with E-state index >= 15 is 0 Å². The first-order chi connectivity index (χ1) is 12.6. The van der Waals surface area contributed by atoms with Gasteiger partial charge in [-0.25, -0.2) is 4.98 Å². The quantitative estimate of drug-likeness (QED) is 0.550. The fraction of sp³-hybridized carbons (Fsp3) is 0.222. The summed E-state index contributed by atoms with van der Waals surface area (Å²) in [5, 5.41) is 4.66. The number of nitrogens with zero attached hydrogens (tertiary/aromatic N) is 4. The molecule has 0 saturated heterocycles. The molecule has 0 saturated carbocycles. The number of para-hydroxylation sites is 1. The van der Waals surface area contributed by atoms with E-state index in [0.29, 0.717) is 22.9 Å². The highest BCUT2D eigenvalue weighted by Gasteiger charge is 2.16. The predicted octanol–water partition coefficient (Wildman–Crippen LogP) is 3.18. The van der Waals surface area contributed by atoms with Gasteiger partial charge in [0.15, 0.2) is 0 Å². The van der Waals surface area contributed by atoms with Crippen molar-refractivity contribution < 1.29 is 9.26 Å². The number of fused-ring (bicyclic) bond motifs is 1. The van der Waals surface area contributed by atoms with Gasteiger partial charge in [0.25, 0.3) is 5.56 Å². The summed E-state index contributed by atoms with van der Waals surface area (Å²) in [5.74, 6) is 1.41. The molecule has 4 rings (SSSR count). The lowest BCUT2D eigenvalue weighted by Crippen LogP contribution is -2.21. The highest BCUT2D eigenvalue weighted by atomic mass is 32.1. The van der Waals surface area contributed by atoms with Crippen molar-refractivity contribution in [3.8, 4) is 17.1 Å². The van der Waals surface area contributed by atoms with Crippen molar-refractivity contribution in [3.05, 3.63) is 57.3 Å². The molecule has 0 aliphatic carbocycles. The van der Waals surface area contributed by atoms with Crippen LogP contribution < -0.4 is 10.3 Å². The molecule has 4 aromatic rings. The fourth-order valence-electron chi connectivity index (χ4n) is 2.79. The van der Waals surface area contributed by atoms with Gasteiger partial charge in [0.05, 0.1) is 24.4 Å². The van der Waals surface area contributed by atoms with Crippen molar-refractivity contribution in [2.24, 2.45) is 0 Å². The number of hydrogen-bond donors (Lipinski definition) is 0. The number of methoxy groups -OCH3 is 1. The number of aromatic nitrogens is 4. The van der Waals surface area contributed by atoms with Crippen LogP contribution in [0.1, 0.15) is 16.3 Å². The summed E-state index contributed by atoms with van der Waals surface area (Å²) in [6.07, 6.45) is 1.52. The molecule has 0 atom stereocenters. The second-order valence-electron chi connectivity index (χ2n) is 5.85. The maximum Gasteiger partial charge on any atom is 0.262 e. The third kappa shape index (κ3) is 2.68. The first-order valence-corrected chi connectivity index (χ1v) is 8.81. The zero-order valence-corrected chi connectivity index (χ0v) is 15.3. The number of ether oxygens (including phenoxy) is 1. The average molecular weight is 368 g/mol. The molecule has 0 N–H and O–H groups in total. The Labute approximate surface area is 152 Å². The molecule has 8 heteroatoms. The molecule has 132 valence electrons. The van der Waals surface area contributed by atoms with Crippen LogP contribution in [0.2, 0.25) is 0 Å². The van der Waals surface area contributed by atoms with Gasteiger partial charge in [-0.05, 0) is 31.5 Å². The van der Waals surface area contributed by atoms with Crippen LogP contribution in [0.25, 0.3) is 21.6 Å². The first kappa shape index (κ1) is 16.5. The molecule has 0 bridgehead atoms. The molecule has 0 radical (unpaired) electrons. The van der Waals surface area contributed by atoms with Crippen LogP contribution in [-0.2, 0) is 6.54 Å².